The Hall–Kier alpha value is -2.18. The summed E-state index contributed by atoms with van der Waals surface area (Å²) in [7, 11) is -3.55. The van der Waals surface area contributed by atoms with Crippen molar-refractivity contribution in [2.24, 2.45) is 0 Å². The summed E-state index contributed by atoms with van der Waals surface area (Å²) in [5.74, 6) is -0.137. The number of nitrogens with one attached hydrogen (secondary N) is 2. The van der Waals surface area contributed by atoms with Crippen molar-refractivity contribution in [3.05, 3.63) is 65.2 Å². The van der Waals surface area contributed by atoms with Gasteiger partial charge in [0.25, 0.3) is 5.91 Å². The van der Waals surface area contributed by atoms with Gasteiger partial charge in [0.2, 0.25) is 10.0 Å². The van der Waals surface area contributed by atoms with Gasteiger partial charge in [-0.25, -0.2) is 13.1 Å². The molecule has 0 aliphatic carbocycles. The van der Waals surface area contributed by atoms with E-state index < -0.39 is 10.0 Å². The second kappa shape index (κ2) is 8.78. The minimum atomic E-state index is -3.55. The lowest BCUT2D eigenvalue weighted by Crippen LogP contribution is -2.24. The highest BCUT2D eigenvalue weighted by atomic mass is 32.2. The Balaban J connectivity index is 2.00. The van der Waals surface area contributed by atoms with Crippen molar-refractivity contribution in [2.75, 3.05) is 6.54 Å². The van der Waals surface area contributed by atoms with Crippen molar-refractivity contribution in [3.63, 3.8) is 0 Å². The van der Waals surface area contributed by atoms with Crippen molar-refractivity contribution in [1.82, 2.24) is 10.0 Å². The highest BCUT2D eigenvalue weighted by molar-refractivity contribution is 7.89. The standard InChI is InChI=1S/C19H24N2O3S/c1-3-5-15-8-12-18(13-9-15)25(23,24)21-14-16-6-10-17(11-7-16)19(22)20-4-2/h6-13,21H,3-5,14H2,1-2H3,(H,20,22). The molecule has 0 saturated carbocycles. The molecule has 25 heavy (non-hydrogen) atoms. The maximum Gasteiger partial charge on any atom is 0.251 e. The minimum Gasteiger partial charge on any atom is -0.352 e. The van der Waals surface area contributed by atoms with E-state index in [0.29, 0.717) is 12.1 Å². The molecular weight excluding hydrogens is 336 g/mol. The van der Waals surface area contributed by atoms with E-state index >= 15 is 0 Å². The first-order chi connectivity index (χ1) is 12.0. The fourth-order valence-corrected chi connectivity index (χ4v) is 3.44. The lowest BCUT2D eigenvalue weighted by molar-refractivity contribution is 0.0956. The van der Waals surface area contributed by atoms with Crippen LogP contribution in [0.15, 0.2) is 53.4 Å². The first-order valence-corrected chi connectivity index (χ1v) is 9.90. The molecular formula is C19H24N2O3S. The molecule has 0 unspecified atom stereocenters. The molecule has 0 fully saturated rings. The Morgan fingerprint density at radius 1 is 0.920 bits per heavy atom. The van der Waals surface area contributed by atoms with E-state index in [4.69, 9.17) is 0 Å². The van der Waals surface area contributed by atoms with Gasteiger partial charge in [-0.05, 0) is 48.7 Å². The fourth-order valence-electron chi connectivity index (χ4n) is 2.42. The van der Waals surface area contributed by atoms with E-state index in [2.05, 4.69) is 17.0 Å². The van der Waals surface area contributed by atoms with Gasteiger partial charge in [0, 0.05) is 18.7 Å². The molecule has 0 saturated heterocycles. The third-order valence-corrected chi connectivity index (χ3v) is 5.21. The zero-order valence-corrected chi connectivity index (χ0v) is 15.4. The topological polar surface area (TPSA) is 75.3 Å². The number of amides is 1. The van der Waals surface area contributed by atoms with Crippen LogP contribution in [0.5, 0.6) is 0 Å². The van der Waals surface area contributed by atoms with E-state index in [9.17, 15) is 13.2 Å². The molecule has 6 heteroatoms. The quantitative estimate of drug-likeness (QED) is 0.760. The average Bonchev–Trinajstić information content (AvgIpc) is 2.61. The number of benzene rings is 2. The summed E-state index contributed by atoms with van der Waals surface area (Å²) < 4.78 is 27.3. The Morgan fingerprint density at radius 3 is 2.08 bits per heavy atom. The highest BCUT2D eigenvalue weighted by Crippen LogP contribution is 2.13. The number of hydrogen-bond acceptors (Lipinski definition) is 3. The van der Waals surface area contributed by atoms with Crippen LogP contribution in [0.25, 0.3) is 0 Å². The maximum atomic E-state index is 12.4. The summed E-state index contributed by atoms with van der Waals surface area (Å²) in [6.07, 6.45) is 1.96. The molecule has 0 spiro atoms. The molecule has 0 aromatic heterocycles. The molecule has 5 nitrogen and oxygen atoms in total. The van der Waals surface area contributed by atoms with Gasteiger partial charge in [-0.1, -0.05) is 37.6 Å². The van der Waals surface area contributed by atoms with Crippen molar-refractivity contribution < 1.29 is 13.2 Å². The third-order valence-electron chi connectivity index (χ3n) is 3.79. The first kappa shape index (κ1) is 19.1. The Kier molecular flexibility index (Phi) is 6.73. The summed E-state index contributed by atoms with van der Waals surface area (Å²) in [6, 6.07) is 13.8. The van der Waals surface area contributed by atoms with Crippen LogP contribution >= 0.6 is 0 Å². The third kappa shape index (κ3) is 5.41. The minimum absolute atomic E-state index is 0.137. The van der Waals surface area contributed by atoms with E-state index in [0.717, 1.165) is 24.0 Å². The SMILES string of the molecule is CCCc1ccc(S(=O)(=O)NCc2ccc(C(=O)NCC)cc2)cc1. The molecule has 0 radical (unpaired) electrons. The van der Waals surface area contributed by atoms with E-state index in [-0.39, 0.29) is 17.3 Å². The number of hydrogen-bond donors (Lipinski definition) is 2. The van der Waals surface area contributed by atoms with Gasteiger partial charge in [-0.2, -0.15) is 0 Å². The molecule has 2 rings (SSSR count). The molecule has 0 heterocycles. The molecule has 2 N–H and O–H groups in total. The van der Waals surface area contributed by atoms with Crippen molar-refractivity contribution >= 4 is 15.9 Å². The molecule has 134 valence electrons. The smallest absolute Gasteiger partial charge is 0.251 e. The summed E-state index contributed by atoms with van der Waals surface area (Å²) in [4.78, 5) is 12.0. The molecule has 0 atom stereocenters. The van der Waals surface area contributed by atoms with Crippen LogP contribution in [0, 0.1) is 0 Å². The summed E-state index contributed by atoms with van der Waals surface area (Å²) in [6.45, 7) is 4.69. The molecule has 2 aromatic carbocycles. The van der Waals surface area contributed by atoms with Gasteiger partial charge in [0.05, 0.1) is 4.90 Å². The zero-order chi connectivity index (χ0) is 18.3. The summed E-state index contributed by atoms with van der Waals surface area (Å²) >= 11 is 0. The van der Waals surface area contributed by atoms with Crippen LogP contribution in [-0.2, 0) is 23.0 Å². The Morgan fingerprint density at radius 2 is 1.52 bits per heavy atom. The Bertz CT molecular complexity index is 798. The zero-order valence-electron chi connectivity index (χ0n) is 14.6. The normalized spacial score (nSPS) is 11.3. The number of aryl methyl sites for hydroxylation is 1. The van der Waals surface area contributed by atoms with E-state index in [1.54, 1.807) is 36.4 Å². The largest absolute Gasteiger partial charge is 0.352 e. The summed E-state index contributed by atoms with van der Waals surface area (Å²) in [5, 5.41) is 2.72. The van der Waals surface area contributed by atoms with Crippen LogP contribution in [0.3, 0.4) is 0 Å². The van der Waals surface area contributed by atoms with Gasteiger partial charge in [0.1, 0.15) is 0 Å². The number of carbonyl (C=O) groups is 1. The maximum absolute atomic E-state index is 12.4. The van der Waals surface area contributed by atoms with Gasteiger partial charge >= 0.3 is 0 Å². The van der Waals surface area contributed by atoms with Crippen molar-refractivity contribution in [1.29, 1.82) is 0 Å². The second-order valence-electron chi connectivity index (χ2n) is 5.77. The van der Waals surface area contributed by atoms with Gasteiger partial charge in [-0.15, -0.1) is 0 Å². The average molecular weight is 360 g/mol. The van der Waals surface area contributed by atoms with Crippen LogP contribution in [0.4, 0.5) is 0 Å². The van der Waals surface area contributed by atoms with Crippen molar-refractivity contribution in [2.45, 2.75) is 38.1 Å². The van der Waals surface area contributed by atoms with Crippen LogP contribution in [0.1, 0.15) is 41.8 Å². The van der Waals surface area contributed by atoms with Crippen LogP contribution in [0.2, 0.25) is 0 Å². The predicted molar refractivity (Wildman–Crippen MR) is 98.9 cm³/mol. The lowest BCUT2D eigenvalue weighted by Gasteiger charge is -2.08. The van der Waals surface area contributed by atoms with Crippen LogP contribution in [-0.4, -0.2) is 20.9 Å². The molecule has 1 amide bonds. The van der Waals surface area contributed by atoms with Gasteiger partial charge in [0.15, 0.2) is 0 Å². The molecule has 0 aliphatic heterocycles. The number of carbonyl (C=O) groups excluding carboxylic acids is 1. The molecule has 2 aromatic rings. The fraction of sp³-hybridized carbons (Fsp3) is 0.316. The number of rotatable bonds is 8. The lowest BCUT2D eigenvalue weighted by atomic mass is 10.1. The van der Waals surface area contributed by atoms with E-state index in [1.165, 1.54) is 0 Å². The highest BCUT2D eigenvalue weighted by Gasteiger charge is 2.13. The first-order valence-electron chi connectivity index (χ1n) is 8.42. The monoisotopic (exact) mass is 360 g/mol. The summed E-state index contributed by atoms with van der Waals surface area (Å²) in [5.41, 5.74) is 2.47. The Labute approximate surface area is 149 Å². The van der Waals surface area contributed by atoms with Crippen LogP contribution < -0.4 is 10.0 Å². The molecule has 0 aliphatic rings. The van der Waals surface area contributed by atoms with Gasteiger partial charge < -0.3 is 5.32 Å². The second-order valence-corrected chi connectivity index (χ2v) is 7.54. The predicted octanol–water partition coefficient (Wildman–Crippen LogP) is 2.87. The van der Waals surface area contributed by atoms with Crippen molar-refractivity contribution in [3.8, 4) is 0 Å². The van der Waals surface area contributed by atoms with E-state index in [1.807, 2.05) is 19.1 Å². The molecule has 0 bridgehead atoms. The van der Waals surface area contributed by atoms with Gasteiger partial charge in [-0.3, -0.25) is 4.79 Å². The number of sulfonamides is 1.